The minimum Gasteiger partial charge on any atom is -0.336 e. The second kappa shape index (κ2) is 6.20. The molecule has 0 amide bonds. The number of fused-ring (bicyclic) bond motifs is 4. The predicted octanol–water partition coefficient (Wildman–Crippen LogP) is 4.12. The maximum absolute atomic E-state index is 6.52. The molecule has 1 spiro atoms. The number of nitrogens with zero attached hydrogens (tertiary/aromatic N) is 4. The number of benzene rings is 1. The molecule has 1 atom stereocenters. The van der Waals surface area contributed by atoms with Gasteiger partial charge in [0.1, 0.15) is 0 Å². The lowest BCUT2D eigenvalue weighted by molar-refractivity contribution is -0.156. The van der Waals surface area contributed by atoms with Crippen LogP contribution in [0.5, 0.6) is 0 Å². The van der Waals surface area contributed by atoms with Crippen LogP contribution >= 0.6 is 0 Å². The number of rotatable bonds is 1. The highest BCUT2D eigenvalue weighted by molar-refractivity contribution is 5.84. The lowest BCUT2D eigenvalue weighted by Crippen LogP contribution is -2.49. The molecule has 1 aliphatic carbocycles. The Balaban J connectivity index is 1.98. The van der Waals surface area contributed by atoms with Gasteiger partial charge < -0.3 is 4.90 Å². The number of guanidine groups is 1. The third-order valence-corrected chi connectivity index (χ3v) is 5.13. The molecule has 2 aromatic rings. The van der Waals surface area contributed by atoms with Crippen molar-refractivity contribution in [3.05, 3.63) is 65.0 Å². The molecule has 0 bridgehead atoms. The number of pyridine rings is 1. The fraction of sp³-hybridized carbons (Fsp3) is 0.364. The van der Waals surface area contributed by atoms with Gasteiger partial charge in [-0.1, -0.05) is 30.3 Å². The van der Waals surface area contributed by atoms with Gasteiger partial charge in [-0.2, -0.15) is 0 Å². The van der Waals surface area contributed by atoms with Crippen LogP contribution in [0.1, 0.15) is 50.1 Å². The summed E-state index contributed by atoms with van der Waals surface area (Å²) in [6.45, 7) is 9.55. The van der Waals surface area contributed by atoms with E-state index in [0.29, 0.717) is 0 Å². The smallest absolute Gasteiger partial charge is 0.242 e. The maximum atomic E-state index is 6.52. The van der Waals surface area contributed by atoms with Crippen molar-refractivity contribution in [3.63, 3.8) is 0 Å². The number of hydrogen-bond donors (Lipinski definition) is 0. The SMILES string of the molecule is CCN(C1=NC2(ON1C)c1ccccc1C=Cc1ncccc12)C(C)(C)C. The summed E-state index contributed by atoms with van der Waals surface area (Å²) >= 11 is 0. The Labute approximate surface area is 161 Å². The molecule has 1 aromatic heterocycles. The lowest BCUT2D eigenvalue weighted by atomic mass is 9.92. The van der Waals surface area contributed by atoms with Gasteiger partial charge in [0, 0.05) is 36.5 Å². The molecule has 5 nitrogen and oxygen atoms in total. The molecule has 5 heteroatoms. The molecular weight excluding hydrogens is 336 g/mol. The minimum absolute atomic E-state index is 0.0724. The van der Waals surface area contributed by atoms with Crippen LogP contribution in [0.4, 0.5) is 0 Å². The topological polar surface area (TPSA) is 41.0 Å². The number of hydrogen-bond acceptors (Lipinski definition) is 5. The standard InChI is InChI=1S/C22H26N4O/c1-6-26(21(2,3)4)20-24-22(27-25(20)5)17-11-8-7-10-16(17)13-14-19-18(22)12-9-15-23-19/h7-15H,6H2,1-5H3. The molecule has 2 heterocycles. The number of hydroxylamine groups is 2. The normalized spacial score (nSPS) is 20.9. The molecule has 0 saturated carbocycles. The van der Waals surface area contributed by atoms with Gasteiger partial charge >= 0.3 is 0 Å². The molecule has 1 unspecified atom stereocenters. The molecule has 0 saturated heterocycles. The van der Waals surface area contributed by atoms with Crippen molar-refractivity contribution in [2.24, 2.45) is 4.99 Å². The van der Waals surface area contributed by atoms with Crippen LogP contribution in [0, 0.1) is 0 Å². The van der Waals surface area contributed by atoms with Crippen LogP contribution in [-0.4, -0.2) is 40.0 Å². The summed E-state index contributed by atoms with van der Waals surface area (Å²) in [7, 11) is 1.93. The fourth-order valence-electron chi connectivity index (χ4n) is 3.94. The van der Waals surface area contributed by atoms with E-state index in [4.69, 9.17) is 9.83 Å². The highest BCUT2D eigenvalue weighted by Crippen LogP contribution is 2.45. The fourth-order valence-corrected chi connectivity index (χ4v) is 3.94. The molecule has 27 heavy (non-hydrogen) atoms. The summed E-state index contributed by atoms with van der Waals surface area (Å²) in [5.74, 6) is 0.830. The first-order chi connectivity index (χ1) is 12.9. The van der Waals surface area contributed by atoms with E-state index >= 15 is 0 Å². The van der Waals surface area contributed by atoms with Crippen molar-refractivity contribution < 1.29 is 4.84 Å². The monoisotopic (exact) mass is 362 g/mol. The summed E-state index contributed by atoms with van der Waals surface area (Å²) < 4.78 is 0. The predicted molar refractivity (Wildman–Crippen MR) is 109 cm³/mol. The Hall–Kier alpha value is -2.66. The molecule has 4 rings (SSSR count). The zero-order valence-corrected chi connectivity index (χ0v) is 16.6. The molecule has 0 fully saturated rings. The van der Waals surface area contributed by atoms with Gasteiger partial charge in [-0.3, -0.25) is 4.98 Å². The molecule has 0 radical (unpaired) electrons. The minimum atomic E-state index is -0.938. The van der Waals surface area contributed by atoms with Gasteiger partial charge in [-0.05, 0) is 51.5 Å². The Morgan fingerprint density at radius 2 is 1.81 bits per heavy atom. The van der Waals surface area contributed by atoms with Crippen molar-refractivity contribution in [3.8, 4) is 0 Å². The maximum Gasteiger partial charge on any atom is 0.242 e. The van der Waals surface area contributed by atoms with Gasteiger partial charge in [-0.25, -0.2) is 14.9 Å². The van der Waals surface area contributed by atoms with Crippen molar-refractivity contribution in [2.75, 3.05) is 13.6 Å². The van der Waals surface area contributed by atoms with Crippen LogP contribution in [-0.2, 0) is 10.6 Å². The first-order valence-corrected chi connectivity index (χ1v) is 9.40. The van der Waals surface area contributed by atoms with Crippen LogP contribution < -0.4 is 0 Å². The van der Waals surface area contributed by atoms with Crippen LogP contribution in [0.25, 0.3) is 12.2 Å². The first-order valence-electron chi connectivity index (χ1n) is 9.40. The van der Waals surface area contributed by atoms with Crippen molar-refractivity contribution in [1.82, 2.24) is 14.9 Å². The van der Waals surface area contributed by atoms with E-state index in [1.807, 2.05) is 37.5 Å². The van der Waals surface area contributed by atoms with E-state index in [1.165, 1.54) is 0 Å². The highest BCUT2D eigenvalue weighted by Gasteiger charge is 2.48. The Morgan fingerprint density at radius 3 is 2.56 bits per heavy atom. The van der Waals surface area contributed by atoms with E-state index in [-0.39, 0.29) is 5.54 Å². The second-order valence-electron chi connectivity index (χ2n) is 7.92. The van der Waals surface area contributed by atoms with E-state index in [0.717, 1.165) is 34.9 Å². The average Bonchev–Trinajstić information content (AvgIpc) is 2.91. The lowest BCUT2D eigenvalue weighted by Gasteiger charge is -2.37. The van der Waals surface area contributed by atoms with E-state index in [1.54, 1.807) is 5.06 Å². The van der Waals surface area contributed by atoms with Crippen molar-refractivity contribution in [1.29, 1.82) is 0 Å². The van der Waals surface area contributed by atoms with E-state index in [2.05, 4.69) is 61.9 Å². The van der Waals surface area contributed by atoms with Gasteiger partial charge in [0.2, 0.25) is 11.7 Å². The highest BCUT2D eigenvalue weighted by atomic mass is 16.7. The van der Waals surface area contributed by atoms with Gasteiger partial charge in [0.25, 0.3) is 0 Å². The van der Waals surface area contributed by atoms with Gasteiger partial charge in [-0.15, -0.1) is 0 Å². The third kappa shape index (κ3) is 2.73. The summed E-state index contributed by atoms with van der Waals surface area (Å²) in [6, 6.07) is 12.3. The van der Waals surface area contributed by atoms with Crippen LogP contribution in [0.2, 0.25) is 0 Å². The number of aliphatic imine (C=N–C) groups is 1. The van der Waals surface area contributed by atoms with Gasteiger partial charge in [0.05, 0.1) is 5.69 Å². The number of aromatic nitrogens is 1. The largest absolute Gasteiger partial charge is 0.336 e. The third-order valence-electron chi connectivity index (χ3n) is 5.13. The molecule has 140 valence electrons. The van der Waals surface area contributed by atoms with Crippen molar-refractivity contribution >= 4 is 18.1 Å². The van der Waals surface area contributed by atoms with Crippen molar-refractivity contribution in [2.45, 2.75) is 39.0 Å². The zero-order chi connectivity index (χ0) is 19.2. The molecular formula is C22H26N4O. The Morgan fingerprint density at radius 1 is 1.07 bits per heavy atom. The molecule has 1 aliphatic heterocycles. The van der Waals surface area contributed by atoms with Crippen LogP contribution in [0.15, 0.2) is 47.6 Å². The second-order valence-corrected chi connectivity index (χ2v) is 7.92. The summed E-state index contributed by atoms with van der Waals surface area (Å²) in [5.41, 5.74) is 2.94. The van der Waals surface area contributed by atoms with E-state index in [9.17, 15) is 0 Å². The van der Waals surface area contributed by atoms with Crippen LogP contribution in [0.3, 0.4) is 0 Å². The average molecular weight is 362 g/mol. The Bertz CT molecular complexity index is 876. The first kappa shape index (κ1) is 17.7. The Kier molecular flexibility index (Phi) is 4.07. The summed E-state index contributed by atoms with van der Waals surface area (Å²) in [5, 5.41) is 1.80. The summed E-state index contributed by atoms with van der Waals surface area (Å²) in [4.78, 5) is 18.6. The molecule has 0 N–H and O–H groups in total. The summed E-state index contributed by atoms with van der Waals surface area (Å²) in [6.07, 6.45) is 5.94. The van der Waals surface area contributed by atoms with E-state index < -0.39 is 5.72 Å². The zero-order valence-electron chi connectivity index (χ0n) is 16.6. The molecule has 1 aromatic carbocycles. The van der Waals surface area contributed by atoms with Gasteiger partial charge in [0.15, 0.2) is 0 Å². The molecule has 2 aliphatic rings. The quantitative estimate of drug-likeness (QED) is 0.765.